The second-order valence-electron chi connectivity index (χ2n) is 6.68. The van der Waals surface area contributed by atoms with Gasteiger partial charge in [-0.05, 0) is 43.0 Å². The van der Waals surface area contributed by atoms with Crippen LogP contribution in [-0.2, 0) is 19.6 Å². The molecule has 1 aromatic rings. The van der Waals surface area contributed by atoms with Gasteiger partial charge in [0.15, 0.2) is 0 Å². The highest BCUT2D eigenvalue weighted by Gasteiger charge is 2.52. The van der Waals surface area contributed by atoms with Crippen LogP contribution in [0.15, 0.2) is 29.2 Å². The van der Waals surface area contributed by atoms with Crippen LogP contribution in [0.3, 0.4) is 0 Å². The van der Waals surface area contributed by atoms with Gasteiger partial charge in [0.05, 0.1) is 12.0 Å². The highest BCUT2D eigenvalue weighted by atomic mass is 32.2. The summed E-state index contributed by atoms with van der Waals surface area (Å²) in [4.78, 5) is 25.1. The second-order valence-corrected chi connectivity index (χ2v) is 8.52. The molecule has 0 aliphatic carbocycles. The van der Waals surface area contributed by atoms with Gasteiger partial charge >= 0.3 is 5.97 Å². The molecule has 2 saturated heterocycles. The van der Waals surface area contributed by atoms with E-state index in [0.717, 1.165) is 4.31 Å². The molecular weight excluding hydrogens is 360 g/mol. The van der Waals surface area contributed by atoms with Crippen LogP contribution < -0.4 is 4.74 Å². The molecule has 2 unspecified atom stereocenters. The number of carbonyl (C=O) groups is 2. The molecule has 2 aliphatic rings. The fourth-order valence-corrected chi connectivity index (χ4v) is 5.71. The molecule has 3 atom stereocenters. The number of rotatable bonds is 4. The number of carboxylic acid groups (broad SMARTS) is 1. The number of hydrogen-bond acceptors (Lipinski definition) is 5. The number of carboxylic acids is 1. The summed E-state index contributed by atoms with van der Waals surface area (Å²) < 4.78 is 32.5. The van der Waals surface area contributed by atoms with Crippen LogP contribution >= 0.6 is 0 Å². The zero-order chi connectivity index (χ0) is 19.1. The third-order valence-electron chi connectivity index (χ3n) is 5.25. The monoisotopic (exact) mass is 382 g/mol. The molecule has 1 amide bonds. The molecule has 2 fully saturated rings. The molecule has 0 bridgehead atoms. The SMILES string of the molecule is COc1ccc(S(=O)(=O)N2C3CN(C(C)=O)CCC3C[C@H]2C(=O)O)cc1. The lowest BCUT2D eigenvalue weighted by atomic mass is 9.91. The van der Waals surface area contributed by atoms with E-state index in [9.17, 15) is 23.1 Å². The zero-order valence-electron chi connectivity index (χ0n) is 14.7. The van der Waals surface area contributed by atoms with Crippen molar-refractivity contribution in [2.24, 2.45) is 5.92 Å². The average Bonchev–Trinajstić information content (AvgIpc) is 3.01. The van der Waals surface area contributed by atoms with E-state index in [1.807, 2.05) is 0 Å². The largest absolute Gasteiger partial charge is 0.497 e. The van der Waals surface area contributed by atoms with Gasteiger partial charge in [-0.25, -0.2) is 8.42 Å². The number of methoxy groups -OCH3 is 1. The minimum Gasteiger partial charge on any atom is -0.497 e. The number of piperidine rings is 1. The summed E-state index contributed by atoms with van der Waals surface area (Å²) in [6, 6.07) is 4.22. The van der Waals surface area contributed by atoms with Crippen molar-refractivity contribution in [3.8, 4) is 5.75 Å². The van der Waals surface area contributed by atoms with E-state index in [0.29, 0.717) is 18.7 Å². The van der Waals surface area contributed by atoms with E-state index in [-0.39, 0.29) is 29.7 Å². The number of benzene rings is 1. The first-order valence-corrected chi connectivity index (χ1v) is 9.85. The lowest BCUT2D eigenvalue weighted by Crippen LogP contribution is -2.53. The van der Waals surface area contributed by atoms with Gasteiger partial charge < -0.3 is 14.7 Å². The number of fused-ring (bicyclic) bond motifs is 1. The second kappa shape index (κ2) is 6.88. The van der Waals surface area contributed by atoms with E-state index in [1.54, 1.807) is 4.90 Å². The number of nitrogens with zero attached hydrogens (tertiary/aromatic N) is 2. The first kappa shape index (κ1) is 18.7. The zero-order valence-corrected chi connectivity index (χ0v) is 15.5. The van der Waals surface area contributed by atoms with Crippen molar-refractivity contribution < 1.29 is 27.9 Å². The van der Waals surface area contributed by atoms with Crippen LogP contribution in [0.5, 0.6) is 5.75 Å². The lowest BCUT2D eigenvalue weighted by Gasteiger charge is -2.37. The number of amides is 1. The van der Waals surface area contributed by atoms with Crippen molar-refractivity contribution in [2.45, 2.75) is 36.7 Å². The Morgan fingerprint density at radius 2 is 1.88 bits per heavy atom. The molecule has 2 aliphatic heterocycles. The highest BCUT2D eigenvalue weighted by molar-refractivity contribution is 7.89. The normalized spacial score (nSPS) is 26.4. The number of aliphatic carboxylic acids is 1. The topological polar surface area (TPSA) is 104 Å². The fourth-order valence-electron chi connectivity index (χ4n) is 3.88. The Kier molecular flexibility index (Phi) is 4.94. The standard InChI is InChI=1S/C17H22N2O6S/c1-11(20)18-8-7-12-9-15(17(21)22)19(16(12)10-18)26(23,24)14-5-3-13(25-2)4-6-14/h3-6,12,15-16H,7-10H2,1-2H3,(H,21,22)/t12?,15-,16?/m0/s1. The van der Waals surface area contributed by atoms with E-state index in [1.165, 1.54) is 38.3 Å². The molecule has 0 aromatic heterocycles. The summed E-state index contributed by atoms with van der Waals surface area (Å²) in [5.41, 5.74) is 0. The summed E-state index contributed by atoms with van der Waals surface area (Å²) in [6.45, 7) is 2.19. The van der Waals surface area contributed by atoms with Crippen molar-refractivity contribution in [3.05, 3.63) is 24.3 Å². The number of carbonyl (C=O) groups excluding carboxylic acids is 1. The lowest BCUT2D eigenvalue weighted by molar-refractivity contribution is -0.141. The van der Waals surface area contributed by atoms with Crippen LogP contribution in [0.1, 0.15) is 19.8 Å². The van der Waals surface area contributed by atoms with Crippen LogP contribution in [-0.4, -0.2) is 66.9 Å². The molecule has 26 heavy (non-hydrogen) atoms. The Balaban J connectivity index is 1.99. The smallest absolute Gasteiger partial charge is 0.322 e. The molecule has 0 saturated carbocycles. The fraction of sp³-hybridized carbons (Fsp3) is 0.529. The molecular formula is C17H22N2O6S. The number of hydrogen-bond donors (Lipinski definition) is 1. The van der Waals surface area contributed by atoms with Crippen LogP contribution in [0.25, 0.3) is 0 Å². The highest BCUT2D eigenvalue weighted by Crippen LogP contribution is 2.39. The average molecular weight is 382 g/mol. The van der Waals surface area contributed by atoms with Gasteiger partial charge in [-0.3, -0.25) is 9.59 Å². The molecule has 9 heteroatoms. The Hall–Kier alpha value is -2.13. The Morgan fingerprint density at radius 1 is 1.23 bits per heavy atom. The van der Waals surface area contributed by atoms with Crippen molar-refractivity contribution in [1.29, 1.82) is 0 Å². The Morgan fingerprint density at radius 3 is 2.42 bits per heavy atom. The molecule has 0 spiro atoms. The van der Waals surface area contributed by atoms with E-state index >= 15 is 0 Å². The van der Waals surface area contributed by atoms with Crippen LogP contribution in [0.4, 0.5) is 0 Å². The summed E-state index contributed by atoms with van der Waals surface area (Å²) in [5.74, 6) is -0.854. The van der Waals surface area contributed by atoms with Crippen molar-refractivity contribution >= 4 is 21.9 Å². The molecule has 0 radical (unpaired) electrons. The van der Waals surface area contributed by atoms with Gasteiger partial charge in [0.25, 0.3) is 0 Å². The quantitative estimate of drug-likeness (QED) is 0.825. The summed E-state index contributed by atoms with van der Waals surface area (Å²) in [5, 5.41) is 9.59. The first-order chi connectivity index (χ1) is 12.3. The molecule has 3 rings (SSSR count). The number of ether oxygens (including phenoxy) is 1. The maximum atomic E-state index is 13.2. The van der Waals surface area contributed by atoms with Gasteiger partial charge in [-0.15, -0.1) is 0 Å². The third kappa shape index (κ3) is 3.16. The maximum Gasteiger partial charge on any atom is 0.322 e. The molecule has 142 valence electrons. The molecule has 8 nitrogen and oxygen atoms in total. The minimum absolute atomic E-state index is 0.0187. The summed E-state index contributed by atoms with van der Waals surface area (Å²) >= 11 is 0. The van der Waals surface area contributed by atoms with Crippen LogP contribution in [0, 0.1) is 5.92 Å². The Labute approximate surface area is 152 Å². The molecule has 2 heterocycles. The third-order valence-corrected chi connectivity index (χ3v) is 7.19. The predicted octanol–water partition coefficient (Wildman–Crippen LogP) is 0.780. The summed E-state index contributed by atoms with van der Waals surface area (Å²) in [6.07, 6.45) is 0.865. The van der Waals surface area contributed by atoms with E-state index < -0.39 is 28.1 Å². The summed E-state index contributed by atoms with van der Waals surface area (Å²) in [7, 11) is -2.54. The van der Waals surface area contributed by atoms with Crippen molar-refractivity contribution in [2.75, 3.05) is 20.2 Å². The van der Waals surface area contributed by atoms with Gasteiger partial charge in [0, 0.05) is 26.1 Å². The van der Waals surface area contributed by atoms with Crippen LogP contribution in [0.2, 0.25) is 0 Å². The first-order valence-electron chi connectivity index (χ1n) is 8.41. The van der Waals surface area contributed by atoms with Gasteiger partial charge in [-0.1, -0.05) is 0 Å². The maximum absolute atomic E-state index is 13.2. The molecule has 1 aromatic carbocycles. The molecule has 1 N–H and O–H groups in total. The van der Waals surface area contributed by atoms with Gasteiger partial charge in [0.1, 0.15) is 11.8 Å². The van der Waals surface area contributed by atoms with Gasteiger partial charge in [-0.2, -0.15) is 4.31 Å². The van der Waals surface area contributed by atoms with Crippen molar-refractivity contribution in [1.82, 2.24) is 9.21 Å². The van der Waals surface area contributed by atoms with E-state index in [2.05, 4.69) is 0 Å². The minimum atomic E-state index is -4.02. The van der Waals surface area contributed by atoms with Gasteiger partial charge in [0.2, 0.25) is 15.9 Å². The van der Waals surface area contributed by atoms with Crippen molar-refractivity contribution in [3.63, 3.8) is 0 Å². The predicted molar refractivity (Wildman–Crippen MR) is 92.2 cm³/mol. The number of likely N-dealkylation sites (tertiary alicyclic amines) is 1. The number of sulfonamides is 1. The Bertz CT molecular complexity index is 807. The van der Waals surface area contributed by atoms with E-state index in [4.69, 9.17) is 4.74 Å².